The van der Waals surface area contributed by atoms with Crippen LogP contribution in [0.15, 0.2) is 48.5 Å². The molecule has 0 fully saturated rings. The summed E-state index contributed by atoms with van der Waals surface area (Å²) in [4.78, 5) is 12.1. The van der Waals surface area contributed by atoms with Gasteiger partial charge in [-0.25, -0.2) is 4.39 Å². The van der Waals surface area contributed by atoms with Gasteiger partial charge in [-0.2, -0.15) is 9.65 Å². The number of rotatable bonds is 3. The van der Waals surface area contributed by atoms with E-state index in [9.17, 15) is 18.8 Å². The first kappa shape index (κ1) is 17.7. The molecule has 1 amide bonds. The summed E-state index contributed by atoms with van der Waals surface area (Å²) in [5.41, 5.74) is 3.29. The third-order valence-electron chi connectivity index (χ3n) is 4.79. The van der Waals surface area contributed by atoms with E-state index >= 15 is 0 Å². The van der Waals surface area contributed by atoms with Crippen LogP contribution in [0.4, 0.5) is 8.78 Å². The van der Waals surface area contributed by atoms with Crippen molar-refractivity contribution in [2.24, 2.45) is 0 Å². The number of halogens is 2. The minimum atomic E-state index is -1.10. The molecule has 0 aromatic heterocycles. The number of carbonyl (C=O) groups is 1. The number of hydrogen-bond acceptors (Lipinski definition) is 3. The summed E-state index contributed by atoms with van der Waals surface area (Å²) in [5.74, 6) is -2.62. The van der Waals surface area contributed by atoms with Gasteiger partial charge < -0.3 is 10.1 Å². The summed E-state index contributed by atoms with van der Waals surface area (Å²) in [5, 5.41) is 11.9. The van der Waals surface area contributed by atoms with Crippen molar-refractivity contribution in [3.8, 4) is 34.1 Å². The van der Waals surface area contributed by atoms with Crippen LogP contribution in [0.25, 0.3) is 22.3 Å². The maximum Gasteiger partial charge on any atom is 0.251 e. The van der Waals surface area contributed by atoms with E-state index in [4.69, 9.17) is 4.74 Å². The van der Waals surface area contributed by atoms with E-state index in [0.29, 0.717) is 34.4 Å². The zero-order valence-electron chi connectivity index (χ0n) is 14.8. The van der Waals surface area contributed by atoms with E-state index in [0.717, 1.165) is 5.56 Å². The summed E-state index contributed by atoms with van der Waals surface area (Å²) < 4.78 is 34.0. The fraction of sp³-hybridized carbons (Fsp3) is 0.0909. The molecule has 1 aliphatic heterocycles. The van der Waals surface area contributed by atoms with Gasteiger partial charge in [0.25, 0.3) is 5.91 Å². The predicted octanol–water partition coefficient (Wildman–Crippen LogP) is 4.42. The van der Waals surface area contributed by atoms with Gasteiger partial charge in [-0.05, 0) is 58.7 Å². The largest absolute Gasteiger partial charge is 0.494 e. The molecule has 1 heterocycles. The van der Waals surface area contributed by atoms with Crippen molar-refractivity contribution in [1.82, 2.24) is 5.32 Å². The molecule has 0 unspecified atom stereocenters. The van der Waals surface area contributed by atoms with Gasteiger partial charge in [-0.15, -0.1) is 0 Å². The first-order valence-electron chi connectivity index (χ1n) is 8.51. The summed E-state index contributed by atoms with van der Waals surface area (Å²) in [6, 6.07) is 15.0. The lowest BCUT2D eigenvalue weighted by atomic mass is 9.90. The van der Waals surface area contributed by atoms with E-state index in [1.165, 1.54) is 19.2 Å². The third kappa shape index (κ3) is 2.78. The van der Waals surface area contributed by atoms with Gasteiger partial charge in [-0.3, -0.25) is 4.79 Å². The molecular weight excluding hydrogens is 362 g/mol. The Balaban J connectivity index is 2.01. The molecule has 0 saturated carbocycles. The fourth-order valence-corrected chi connectivity index (χ4v) is 3.39. The minimum absolute atomic E-state index is 0.0122. The number of nitrogens with zero attached hydrogens (tertiary/aromatic N) is 1. The Bertz CT molecular complexity index is 1170. The van der Waals surface area contributed by atoms with Crippen molar-refractivity contribution in [2.45, 2.75) is 6.54 Å². The van der Waals surface area contributed by atoms with Gasteiger partial charge in [0.1, 0.15) is 0 Å². The first-order valence-corrected chi connectivity index (χ1v) is 8.51. The standard InChI is InChI=1S/C22H14F2N2O2/c1-28-19-6-5-15(20(23)21(19)24)18-9-17-14(11-26-22(17)27)8-16(18)13-4-2-3-12(7-13)10-25/h2-9H,11H2,1H3,(H,26,27). The molecule has 0 saturated heterocycles. The monoisotopic (exact) mass is 376 g/mol. The van der Waals surface area contributed by atoms with E-state index in [1.807, 2.05) is 0 Å². The van der Waals surface area contributed by atoms with E-state index in [1.54, 1.807) is 36.4 Å². The number of fused-ring (bicyclic) bond motifs is 1. The SMILES string of the molecule is COc1ccc(-c2cc3c(cc2-c2cccc(C#N)c2)CNC3=O)c(F)c1F. The van der Waals surface area contributed by atoms with E-state index in [2.05, 4.69) is 11.4 Å². The number of methoxy groups -OCH3 is 1. The number of amides is 1. The van der Waals surface area contributed by atoms with Crippen LogP contribution in [0.2, 0.25) is 0 Å². The molecule has 0 aliphatic carbocycles. The number of hydrogen-bond donors (Lipinski definition) is 1. The molecule has 1 N–H and O–H groups in total. The van der Waals surface area contributed by atoms with Gasteiger partial charge >= 0.3 is 0 Å². The van der Waals surface area contributed by atoms with Gasteiger partial charge in [0.15, 0.2) is 11.6 Å². The molecule has 1 aliphatic rings. The Morgan fingerprint density at radius 1 is 1.00 bits per heavy atom. The second-order valence-electron chi connectivity index (χ2n) is 6.37. The second-order valence-corrected chi connectivity index (χ2v) is 6.37. The van der Waals surface area contributed by atoms with Crippen LogP contribution in [-0.4, -0.2) is 13.0 Å². The molecule has 4 rings (SSSR count). The van der Waals surface area contributed by atoms with Crippen molar-refractivity contribution in [2.75, 3.05) is 7.11 Å². The smallest absolute Gasteiger partial charge is 0.251 e. The highest BCUT2D eigenvalue weighted by Gasteiger charge is 2.25. The van der Waals surface area contributed by atoms with Crippen LogP contribution in [0.5, 0.6) is 5.75 Å². The molecule has 0 spiro atoms. The topological polar surface area (TPSA) is 62.1 Å². The van der Waals surface area contributed by atoms with Crippen molar-refractivity contribution in [3.05, 3.63) is 76.9 Å². The molecule has 0 atom stereocenters. The number of nitrogens with one attached hydrogen (secondary N) is 1. The second kappa shape index (κ2) is 6.78. The summed E-state index contributed by atoms with van der Waals surface area (Å²) in [6.45, 7) is 0.360. The van der Waals surface area contributed by atoms with Crippen LogP contribution in [0.3, 0.4) is 0 Å². The Morgan fingerprint density at radius 3 is 2.57 bits per heavy atom. The van der Waals surface area contributed by atoms with Crippen LogP contribution in [0.1, 0.15) is 21.5 Å². The van der Waals surface area contributed by atoms with Gasteiger partial charge in [0.05, 0.1) is 18.7 Å². The number of ether oxygens (including phenoxy) is 1. The van der Waals surface area contributed by atoms with Crippen LogP contribution in [0, 0.1) is 23.0 Å². The molecule has 6 heteroatoms. The molecule has 3 aromatic carbocycles. The zero-order chi connectivity index (χ0) is 19.8. The average Bonchev–Trinajstić information content (AvgIpc) is 3.09. The third-order valence-corrected chi connectivity index (χ3v) is 4.79. The van der Waals surface area contributed by atoms with Gasteiger partial charge in [0, 0.05) is 17.7 Å². The van der Waals surface area contributed by atoms with Crippen molar-refractivity contribution < 1.29 is 18.3 Å². The predicted molar refractivity (Wildman–Crippen MR) is 99.7 cm³/mol. The van der Waals surface area contributed by atoms with Crippen LogP contribution < -0.4 is 10.1 Å². The molecule has 0 radical (unpaired) electrons. The Kier molecular flexibility index (Phi) is 4.28. The van der Waals surface area contributed by atoms with E-state index in [-0.39, 0.29) is 17.2 Å². The summed E-state index contributed by atoms with van der Waals surface area (Å²) in [7, 11) is 1.26. The molecule has 0 bridgehead atoms. The number of carbonyl (C=O) groups excluding carboxylic acids is 1. The fourth-order valence-electron chi connectivity index (χ4n) is 3.39. The summed E-state index contributed by atoms with van der Waals surface area (Å²) >= 11 is 0. The first-order chi connectivity index (χ1) is 13.5. The van der Waals surface area contributed by atoms with Crippen molar-refractivity contribution in [3.63, 3.8) is 0 Å². The van der Waals surface area contributed by atoms with Crippen LogP contribution in [-0.2, 0) is 6.54 Å². The molecular formula is C22H14F2N2O2. The maximum atomic E-state index is 14.8. The maximum absolute atomic E-state index is 14.8. The molecule has 4 nitrogen and oxygen atoms in total. The average molecular weight is 376 g/mol. The number of benzene rings is 3. The van der Waals surface area contributed by atoms with Crippen molar-refractivity contribution in [1.29, 1.82) is 5.26 Å². The van der Waals surface area contributed by atoms with Gasteiger partial charge in [0.2, 0.25) is 5.82 Å². The summed E-state index contributed by atoms with van der Waals surface area (Å²) in [6.07, 6.45) is 0. The minimum Gasteiger partial charge on any atom is -0.494 e. The van der Waals surface area contributed by atoms with Crippen LogP contribution >= 0.6 is 0 Å². The normalized spacial score (nSPS) is 12.3. The lowest BCUT2D eigenvalue weighted by molar-refractivity contribution is 0.0966. The Labute approximate surface area is 160 Å². The lowest BCUT2D eigenvalue weighted by Gasteiger charge is -2.15. The molecule has 3 aromatic rings. The number of nitriles is 1. The lowest BCUT2D eigenvalue weighted by Crippen LogP contribution is -2.12. The highest BCUT2D eigenvalue weighted by molar-refractivity contribution is 6.01. The zero-order valence-corrected chi connectivity index (χ0v) is 14.8. The molecule has 28 heavy (non-hydrogen) atoms. The Morgan fingerprint density at radius 2 is 1.82 bits per heavy atom. The van der Waals surface area contributed by atoms with E-state index < -0.39 is 11.6 Å². The van der Waals surface area contributed by atoms with Gasteiger partial charge in [-0.1, -0.05) is 12.1 Å². The van der Waals surface area contributed by atoms with Crippen molar-refractivity contribution >= 4 is 5.91 Å². The quantitative estimate of drug-likeness (QED) is 0.736. The highest BCUT2D eigenvalue weighted by atomic mass is 19.2. The highest BCUT2D eigenvalue weighted by Crippen LogP contribution is 2.39. The Hall–Kier alpha value is -3.72. The molecule has 138 valence electrons.